The average molecular weight is 192 g/mol. The van der Waals surface area contributed by atoms with Gasteiger partial charge in [0.15, 0.2) is 0 Å². The van der Waals surface area contributed by atoms with Gasteiger partial charge in [-0.15, -0.1) is 0 Å². The Bertz CT molecular complexity index is 382. The third-order valence-corrected chi connectivity index (χ3v) is 2.69. The quantitative estimate of drug-likeness (QED) is 0.715. The van der Waals surface area contributed by atoms with E-state index in [1.54, 1.807) is 6.07 Å². The maximum Gasteiger partial charge on any atom is 0.335 e. The smallest absolute Gasteiger partial charge is 0.335 e. The van der Waals surface area contributed by atoms with E-state index in [4.69, 9.17) is 5.11 Å². The van der Waals surface area contributed by atoms with Gasteiger partial charge in [-0.25, -0.2) is 4.79 Å². The first kappa shape index (κ1) is 9.06. The first-order chi connectivity index (χ1) is 6.68. The molecule has 0 aromatic heterocycles. The lowest BCUT2D eigenvalue weighted by Gasteiger charge is -2.17. The molecular weight excluding hydrogens is 180 g/mol. The third-order valence-electron chi connectivity index (χ3n) is 2.69. The summed E-state index contributed by atoms with van der Waals surface area (Å²) in [6, 6.07) is 3.02. The first-order valence-electron chi connectivity index (χ1n) is 4.76. The molecule has 0 aliphatic heterocycles. The normalized spacial score (nSPS) is 14.9. The molecule has 0 saturated carbocycles. The molecular formula is C11H12O3. The second kappa shape index (κ2) is 3.33. The highest BCUT2D eigenvalue weighted by Gasteiger charge is 2.16. The van der Waals surface area contributed by atoms with Crippen LogP contribution in [0.3, 0.4) is 0 Å². The number of hydrogen-bond acceptors (Lipinski definition) is 2. The van der Waals surface area contributed by atoms with E-state index >= 15 is 0 Å². The summed E-state index contributed by atoms with van der Waals surface area (Å²) in [5.74, 6) is -0.840. The van der Waals surface area contributed by atoms with Gasteiger partial charge in [-0.2, -0.15) is 0 Å². The van der Waals surface area contributed by atoms with Crippen molar-refractivity contribution < 1.29 is 15.0 Å². The average Bonchev–Trinajstić information content (AvgIpc) is 2.17. The largest absolute Gasteiger partial charge is 0.508 e. The van der Waals surface area contributed by atoms with Crippen LogP contribution in [0.5, 0.6) is 5.75 Å². The lowest BCUT2D eigenvalue weighted by atomic mass is 9.89. The standard InChI is InChI=1S/C11H12O3/c12-10-6-8(11(13)14)5-7-3-1-2-4-9(7)10/h5-6,12H,1-4H2,(H,13,14). The van der Waals surface area contributed by atoms with Crippen LogP contribution in [0.1, 0.15) is 34.3 Å². The molecule has 0 spiro atoms. The van der Waals surface area contributed by atoms with Crippen molar-refractivity contribution in [1.29, 1.82) is 0 Å². The predicted octanol–water partition coefficient (Wildman–Crippen LogP) is 1.97. The van der Waals surface area contributed by atoms with E-state index < -0.39 is 5.97 Å². The van der Waals surface area contributed by atoms with E-state index in [1.165, 1.54) is 6.07 Å². The maximum atomic E-state index is 10.7. The Kier molecular flexibility index (Phi) is 2.15. The van der Waals surface area contributed by atoms with Crippen LogP contribution in [0.25, 0.3) is 0 Å². The number of hydrogen-bond donors (Lipinski definition) is 2. The molecule has 0 amide bonds. The molecule has 0 saturated heterocycles. The zero-order chi connectivity index (χ0) is 10.1. The monoisotopic (exact) mass is 192 g/mol. The third kappa shape index (κ3) is 1.45. The lowest BCUT2D eigenvalue weighted by molar-refractivity contribution is 0.0696. The number of carboxylic acid groups (broad SMARTS) is 1. The molecule has 3 nitrogen and oxygen atoms in total. The number of rotatable bonds is 1. The van der Waals surface area contributed by atoms with Crippen LogP contribution in [0, 0.1) is 0 Å². The molecule has 74 valence electrons. The van der Waals surface area contributed by atoms with E-state index in [0.717, 1.165) is 36.8 Å². The van der Waals surface area contributed by atoms with Gasteiger partial charge in [-0.05, 0) is 48.9 Å². The van der Waals surface area contributed by atoms with Crippen LogP contribution in [-0.2, 0) is 12.8 Å². The van der Waals surface area contributed by atoms with E-state index in [2.05, 4.69) is 0 Å². The molecule has 0 radical (unpaired) electrons. The van der Waals surface area contributed by atoms with Crippen molar-refractivity contribution in [2.24, 2.45) is 0 Å². The molecule has 1 aliphatic rings. The van der Waals surface area contributed by atoms with Crippen molar-refractivity contribution in [3.05, 3.63) is 28.8 Å². The van der Waals surface area contributed by atoms with Gasteiger partial charge in [0, 0.05) is 0 Å². The molecule has 2 N–H and O–H groups in total. The number of carbonyl (C=O) groups is 1. The Hall–Kier alpha value is -1.51. The number of aryl methyl sites for hydroxylation is 1. The van der Waals surface area contributed by atoms with Crippen LogP contribution in [0.15, 0.2) is 12.1 Å². The summed E-state index contributed by atoms with van der Waals surface area (Å²) >= 11 is 0. The summed E-state index contributed by atoms with van der Waals surface area (Å²) in [6.45, 7) is 0. The highest BCUT2D eigenvalue weighted by Crippen LogP contribution is 2.30. The van der Waals surface area contributed by atoms with Gasteiger partial charge in [0.05, 0.1) is 5.56 Å². The Morgan fingerprint density at radius 1 is 1.21 bits per heavy atom. The topological polar surface area (TPSA) is 57.5 Å². The van der Waals surface area contributed by atoms with Crippen LogP contribution in [-0.4, -0.2) is 16.2 Å². The SMILES string of the molecule is O=C(O)c1cc(O)c2c(c1)CCCC2. The van der Waals surface area contributed by atoms with Gasteiger partial charge in [-0.1, -0.05) is 0 Å². The van der Waals surface area contributed by atoms with Crippen molar-refractivity contribution in [2.75, 3.05) is 0 Å². The molecule has 0 heterocycles. The van der Waals surface area contributed by atoms with E-state index in [9.17, 15) is 9.90 Å². The molecule has 14 heavy (non-hydrogen) atoms. The Morgan fingerprint density at radius 2 is 1.93 bits per heavy atom. The summed E-state index contributed by atoms with van der Waals surface area (Å²) in [7, 11) is 0. The zero-order valence-corrected chi connectivity index (χ0v) is 7.79. The number of aromatic carboxylic acids is 1. The van der Waals surface area contributed by atoms with E-state index in [1.807, 2.05) is 0 Å². The second-order valence-corrected chi connectivity index (χ2v) is 3.65. The van der Waals surface area contributed by atoms with Crippen LogP contribution in [0.4, 0.5) is 0 Å². The summed E-state index contributed by atoms with van der Waals surface area (Å²) in [5.41, 5.74) is 2.11. The Morgan fingerprint density at radius 3 is 2.64 bits per heavy atom. The molecule has 3 heteroatoms. The molecule has 0 unspecified atom stereocenters. The molecule has 0 atom stereocenters. The Labute approximate surface area is 82.0 Å². The number of phenols is 1. The number of carboxylic acids is 1. The number of benzene rings is 1. The van der Waals surface area contributed by atoms with Crippen molar-refractivity contribution >= 4 is 5.97 Å². The lowest BCUT2D eigenvalue weighted by Crippen LogP contribution is -2.06. The summed E-state index contributed by atoms with van der Waals surface area (Å²) in [4.78, 5) is 10.7. The second-order valence-electron chi connectivity index (χ2n) is 3.65. The van der Waals surface area contributed by atoms with Crippen LogP contribution < -0.4 is 0 Å². The Balaban J connectivity index is 2.51. The number of aromatic hydroxyl groups is 1. The molecule has 0 fully saturated rings. The minimum atomic E-state index is -0.978. The van der Waals surface area contributed by atoms with Crippen molar-refractivity contribution in [2.45, 2.75) is 25.7 Å². The molecule has 1 aliphatic carbocycles. The number of fused-ring (bicyclic) bond motifs is 1. The van der Waals surface area contributed by atoms with Crippen molar-refractivity contribution in [1.82, 2.24) is 0 Å². The van der Waals surface area contributed by atoms with Crippen molar-refractivity contribution in [3.8, 4) is 5.75 Å². The fourth-order valence-electron chi connectivity index (χ4n) is 1.97. The minimum Gasteiger partial charge on any atom is -0.508 e. The fourth-order valence-corrected chi connectivity index (χ4v) is 1.97. The first-order valence-corrected chi connectivity index (χ1v) is 4.76. The highest BCUT2D eigenvalue weighted by molar-refractivity contribution is 5.88. The molecule has 1 aromatic rings. The van der Waals surface area contributed by atoms with Crippen LogP contribution >= 0.6 is 0 Å². The predicted molar refractivity (Wildman–Crippen MR) is 51.7 cm³/mol. The zero-order valence-electron chi connectivity index (χ0n) is 7.79. The van der Waals surface area contributed by atoms with Gasteiger partial charge in [0.25, 0.3) is 0 Å². The summed E-state index contributed by atoms with van der Waals surface area (Å²) < 4.78 is 0. The highest BCUT2D eigenvalue weighted by atomic mass is 16.4. The van der Waals surface area contributed by atoms with Gasteiger partial charge in [0.1, 0.15) is 5.75 Å². The number of phenolic OH excluding ortho intramolecular Hbond substituents is 1. The van der Waals surface area contributed by atoms with Crippen LogP contribution in [0.2, 0.25) is 0 Å². The maximum absolute atomic E-state index is 10.7. The van der Waals surface area contributed by atoms with E-state index in [-0.39, 0.29) is 11.3 Å². The van der Waals surface area contributed by atoms with Gasteiger partial charge < -0.3 is 10.2 Å². The van der Waals surface area contributed by atoms with E-state index in [0.29, 0.717) is 0 Å². The fraction of sp³-hybridized carbons (Fsp3) is 0.364. The molecule has 2 rings (SSSR count). The summed E-state index contributed by atoms with van der Waals surface area (Å²) in [5, 5.41) is 18.4. The minimum absolute atomic E-state index is 0.139. The molecule has 0 bridgehead atoms. The van der Waals surface area contributed by atoms with Gasteiger partial charge >= 0.3 is 5.97 Å². The summed E-state index contributed by atoms with van der Waals surface area (Å²) in [6.07, 6.45) is 3.90. The molecule has 1 aromatic carbocycles. The van der Waals surface area contributed by atoms with Crippen molar-refractivity contribution in [3.63, 3.8) is 0 Å². The van der Waals surface area contributed by atoms with Gasteiger partial charge in [0.2, 0.25) is 0 Å². The van der Waals surface area contributed by atoms with Gasteiger partial charge in [-0.3, -0.25) is 0 Å².